The molecular formula is C18H12ClFO. The lowest BCUT2D eigenvalue weighted by Gasteiger charge is -2.07. The predicted molar refractivity (Wildman–Crippen MR) is 83.4 cm³/mol. The smallest absolute Gasteiger partial charge is 0.168 e. The van der Waals surface area contributed by atoms with Gasteiger partial charge in [0.15, 0.2) is 5.78 Å². The first-order valence-electron chi connectivity index (χ1n) is 6.60. The van der Waals surface area contributed by atoms with Gasteiger partial charge in [-0.25, -0.2) is 4.39 Å². The fraction of sp³-hybridized carbons (Fsp3) is 0.0556. The fourth-order valence-electron chi connectivity index (χ4n) is 2.43. The van der Waals surface area contributed by atoms with Crippen LogP contribution in [0.1, 0.15) is 15.9 Å². The average Bonchev–Trinajstić information content (AvgIpc) is 2.50. The molecule has 1 nitrogen and oxygen atoms in total. The van der Waals surface area contributed by atoms with Crippen molar-refractivity contribution in [1.82, 2.24) is 0 Å². The molecule has 0 unspecified atom stereocenters. The van der Waals surface area contributed by atoms with Crippen molar-refractivity contribution < 1.29 is 9.18 Å². The molecule has 0 bridgehead atoms. The normalized spacial score (nSPS) is 10.8. The third-order valence-electron chi connectivity index (χ3n) is 3.48. The van der Waals surface area contributed by atoms with Crippen LogP contribution in [-0.4, -0.2) is 5.78 Å². The van der Waals surface area contributed by atoms with E-state index in [9.17, 15) is 9.18 Å². The highest BCUT2D eigenvalue weighted by molar-refractivity contribution is 6.34. The maximum Gasteiger partial charge on any atom is 0.168 e. The molecular weight excluding hydrogens is 287 g/mol. The van der Waals surface area contributed by atoms with E-state index in [2.05, 4.69) is 0 Å². The van der Waals surface area contributed by atoms with E-state index in [0.717, 1.165) is 16.3 Å². The minimum atomic E-state index is -0.569. The van der Waals surface area contributed by atoms with E-state index in [1.165, 1.54) is 12.1 Å². The summed E-state index contributed by atoms with van der Waals surface area (Å²) >= 11 is 5.88. The summed E-state index contributed by atoms with van der Waals surface area (Å²) in [6.45, 7) is 0. The Kier molecular flexibility index (Phi) is 3.72. The molecule has 3 heteroatoms. The Morgan fingerprint density at radius 3 is 2.52 bits per heavy atom. The minimum absolute atomic E-state index is 0.109. The molecule has 0 atom stereocenters. The fourth-order valence-corrected chi connectivity index (χ4v) is 2.67. The molecule has 0 aliphatic carbocycles. The molecule has 0 spiro atoms. The molecule has 0 fully saturated rings. The van der Waals surface area contributed by atoms with Crippen LogP contribution in [0.25, 0.3) is 10.8 Å². The number of Topliss-reactive ketones (excluding diaryl/α,β-unsaturated/α-hetero) is 1. The van der Waals surface area contributed by atoms with E-state index in [1.54, 1.807) is 6.07 Å². The molecule has 0 saturated heterocycles. The summed E-state index contributed by atoms with van der Waals surface area (Å²) in [6.07, 6.45) is 0.199. The molecule has 0 amide bonds. The Hall–Kier alpha value is -2.19. The summed E-state index contributed by atoms with van der Waals surface area (Å²) in [6, 6.07) is 18.0. The number of hydrogen-bond donors (Lipinski definition) is 0. The summed E-state index contributed by atoms with van der Waals surface area (Å²) in [5.74, 6) is -0.753. The largest absolute Gasteiger partial charge is 0.294 e. The lowest BCUT2D eigenvalue weighted by Crippen LogP contribution is -2.05. The van der Waals surface area contributed by atoms with Crippen molar-refractivity contribution in [2.24, 2.45) is 0 Å². The molecule has 3 aromatic rings. The standard InChI is InChI=1S/C18H12ClFO/c19-18-15(9-4-10-16(18)20)17(21)11-13-7-3-6-12-5-1-2-8-14(12)13/h1-10H,11H2. The molecule has 3 aromatic carbocycles. The number of hydrogen-bond acceptors (Lipinski definition) is 1. The second-order valence-electron chi connectivity index (χ2n) is 4.84. The Morgan fingerprint density at radius 1 is 0.952 bits per heavy atom. The lowest BCUT2D eigenvalue weighted by atomic mass is 9.98. The van der Waals surface area contributed by atoms with Crippen LogP contribution in [-0.2, 0) is 6.42 Å². The summed E-state index contributed by atoms with van der Waals surface area (Å²) in [4.78, 5) is 12.4. The van der Waals surface area contributed by atoms with Gasteiger partial charge < -0.3 is 0 Å². The number of benzene rings is 3. The number of halogens is 2. The van der Waals surface area contributed by atoms with Crippen LogP contribution in [0.2, 0.25) is 5.02 Å². The Balaban J connectivity index is 1.99. The van der Waals surface area contributed by atoms with E-state index < -0.39 is 5.82 Å². The highest BCUT2D eigenvalue weighted by Gasteiger charge is 2.14. The maximum absolute atomic E-state index is 13.4. The van der Waals surface area contributed by atoms with Crippen molar-refractivity contribution in [2.45, 2.75) is 6.42 Å². The van der Waals surface area contributed by atoms with Crippen LogP contribution < -0.4 is 0 Å². The van der Waals surface area contributed by atoms with E-state index in [4.69, 9.17) is 11.6 Å². The molecule has 0 saturated carbocycles. The second kappa shape index (κ2) is 5.66. The van der Waals surface area contributed by atoms with Gasteiger partial charge in [0.1, 0.15) is 5.82 Å². The van der Waals surface area contributed by atoms with Crippen molar-refractivity contribution in [3.05, 3.63) is 82.6 Å². The summed E-state index contributed by atoms with van der Waals surface area (Å²) in [5, 5.41) is 2.00. The first-order chi connectivity index (χ1) is 10.2. The third kappa shape index (κ3) is 2.67. The van der Waals surface area contributed by atoms with Crippen LogP contribution in [0.4, 0.5) is 4.39 Å². The zero-order valence-corrected chi connectivity index (χ0v) is 11.9. The molecule has 0 aromatic heterocycles. The van der Waals surface area contributed by atoms with E-state index in [1.807, 2.05) is 42.5 Å². The number of carbonyl (C=O) groups is 1. The third-order valence-corrected chi connectivity index (χ3v) is 3.87. The van der Waals surface area contributed by atoms with Crippen molar-refractivity contribution in [2.75, 3.05) is 0 Å². The van der Waals surface area contributed by atoms with E-state index in [0.29, 0.717) is 0 Å². The van der Waals surface area contributed by atoms with Crippen LogP contribution in [0, 0.1) is 5.82 Å². The van der Waals surface area contributed by atoms with Crippen LogP contribution in [0.3, 0.4) is 0 Å². The van der Waals surface area contributed by atoms with E-state index >= 15 is 0 Å². The van der Waals surface area contributed by atoms with Gasteiger partial charge >= 0.3 is 0 Å². The quantitative estimate of drug-likeness (QED) is 0.618. The number of rotatable bonds is 3. The number of fused-ring (bicyclic) bond motifs is 1. The highest BCUT2D eigenvalue weighted by atomic mass is 35.5. The van der Waals surface area contributed by atoms with E-state index in [-0.39, 0.29) is 22.8 Å². The monoisotopic (exact) mass is 298 g/mol. The minimum Gasteiger partial charge on any atom is -0.294 e. The topological polar surface area (TPSA) is 17.1 Å². The first kappa shape index (κ1) is 13.8. The van der Waals surface area contributed by atoms with Gasteiger partial charge in [0.05, 0.1) is 5.02 Å². The molecule has 0 radical (unpaired) electrons. The number of ketones is 1. The van der Waals surface area contributed by atoms with Gasteiger partial charge in [0.25, 0.3) is 0 Å². The summed E-state index contributed by atoms with van der Waals surface area (Å²) in [5.41, 5.74) is 1.14. The molecule has 0 N–H and O–H groups in total. The predicted octanol–water partition coefficient (Wildman–Crippen LogP) is 5.06. The Bertz CT molecular complexity index is 821. The molecule has 0 heterocycles. The molecule has 104 valence electrons. The van der Waals surface area contributed by atoms with Crippen LogP contribution in [0.5, 0.6) is 0 Å². The first-order valence-corrected chi connectivity index (χ1v) is 6.98. The van der Waals surface area contributed by atoms with Crippen molar-refractivity contribution in [3.63, 3.8) is 0 Å². The zero-order chi connectivity index (χ0) is 14.8. The van der Waals surface area contributed by atoms with Crippen LogP contribution in [0.15, 0.2) is 60.7 Å². The van der Waals surface area contributed by atoms with Gasteiger partial charge in [-0.3, -0.25) is 4.79 Å². The van der Waals surface area contributed by atoms with Gasteiger partial charge in [0.2, 0.25) is 0 Å². The molecule has 21 heavy (non-hydrogen) atoms. The Labute approximate surface area is 127 Å². The molecule has 0 aliphatic rings. The van der Waals surface area contributed by atoms with Gasteiger partial charge in [-0.1, -0.05) is 60.1 Å². The zero-order valence-electron chi connectivity index (χ0n) is 11.1. The van der Waals surface area contributed by atoms with Crippen molar-refractivity contribution in [1.29, 1.82) is 0 Å². The van der Waals surface area contributed by atoms with Gasteiger partial charge in [-0.2, -0.15) is 0 Å². The lowest BCUT2D eigenvalue weighted by molar-refractivity contribution is 0.0993. The average molecular weight is 299 g/mol. The summed E-state index contributed by atoms with van der Waals surface area (Å²) < 4.78 is 13.4. The molecule has 0 aliphatic heterocycles. The summed E-state index contributed by atoms with van der Waals surface area (Å²) in [7, 11) is 0. The van der Waals surface area contributed by atoms with Crippen LogP contribution >= 0.6 is 11.6 Å². The van der Waals surface area contributed by atoms with Gasteiger partial charge in [-0.05, 0) is 28.5 Å². The Morgan fingerprint density at radius 2 is 1.67 bits per heavy atom. The van der Waals surface area contributed by atoms with Gasteiger partial charge in [0, 0.05) is 12.0 Å². The van der Waals surface area contributed by atoms with Gasteiger partial charge in [-0.15, -0.1) is 0 Å². The highest BCUT2D eigenvalue weighted by Crippen LogP contribution is 2.24. The number of carbonyl (C=O) groups excluding carboxylic acids is 1. The second-order valence-corrected chi connectivity index (χ2v) is 5.22. The molecule has 3 rings (SSSR count). The maximum atomic E-state index is 13.4. The SMILES string of the molecule is O=C(Cc1cccc2ccccc12)c1cccc(F)c1Cl. The van der Waals surface area contributed by atoms with Crippen molar-refractivity contribution in [3.8, 4) is 0 Å². The van der Waals surface area contributed by atoms with Crippen molar-refractivity contribution >= 4 is 28.2 Å².